The van der Waals surface area contributed by atoms with Crippen molar-refractivity contribution in [1.29, 1.82) is 0 Å². The van der Waals surface area contributed by atoms with Gasteiger partial charge in [-0.3, -0.25) is 14.8 Å². The van der Waals surface area contributed by atoms with E-state index in [2.05, 4.69) is 25.4 Å². The van der Waals surface area contributed by atoms with Crippen LogP contribution in [0.2, 0.25) is 0 Å². The van der Waals surface area contributed by atoms with E-state index in [1.54, 1.807) is 35.5 Å². The van der Waals surface area contributed by atoms with Gasteiger partial charge < -0.3 is 5.32 Å². The maximum atomic E-state index is 12.3. The molecule has 0 atom stereocenters. The van der Waals surface area contributed by atoms with E-state index in [-0.39, 0.29) is 5.91 Å². The Kier molecular flexibility index (Phi) is 3.64. The summed E-state index contributed by atoms with van der Waals surface area (Å²) in [7, 11) is 0. The average Bonchev–Trinajstić information content (AvgIpc) is 3.44. The van der Waals surface area contributed by atoms with Crippen LogP contribution in [0.4, 0.5) is 0 Å². The SMILES string of the molecule is O=C(NC1CC1)c1cncc(-c2cnn3cc(-c4ccncc4)cnc23)c1. The van der Waals surface area contributed by atoms with Gasteiger partial charge in [0, 0.05) is 59.9 Å². The Balaban J connectivity index is 1.51. The van der Waals surface area contributed by atoms with Crippen LogP contribution < -0.4 is 5.32 Å². The number of hydrogen-bond donors (Lipinski definition) is 1. The van der Waals surface area contributed by atoms with E-state index < -0.39 is 0 Å². The summed E-state index contributed by atoms with van der Waals surface area (Å²) in [4.78, 5) is 25.1. The van der Waals surface area contributed by atoms with E-state index in [4.69, 9.17) is 0 Å². The minimum Gasteiger partial charge on any atom is -0.349 e. The lowest BCUT2D eigenvalue weighted by Gasteiger charge is -2.05. The smallest absolute Gasteiger partial charge is 0.253 e. The van der Waals surface area contributed by atoms with Gasteiger partial charge in [-0.2, -0.15) is 5.10 Å². The molecular weight excluding hydrogens is 340 g/mol. The Labute approximate surface area is 155 Å². The first-order chi connectivity index (χ1) is 13.3. The Morgan fingerprint density at radius 3 is 2.67 bits per heavy atom. The summed E-state index contributed by atoms with van der Waals surface area (Å²) in [5.74, 6) is -0.0868. The highest BCUT2D eigenvalue weighted by atomic mass is 16.1. The van der Waals surface area contributed by atoms with Crippen molar-refractivity contribution in [2.75, 3.05) is 0 Å². The van der Waals surface area contributed by atoms with Crippen molar-refractivity contribution in [3.63, 3.8) is 0 Å². The number of amides is 1. The molecular formula is C20H16N6O. The minimum absolute atomic E-state index is 0.0868. The molecule has 1 amide bonds. The summed E-state index contributed by atoms with van der Waals surface area (Å²) in [6, 6.07) is 6.00. The van der Waals surface area contributed by atoms with E-state index in [1.807, 2.05) is 30.6 Å². The zero-order chi connectivity index (χ0) is 18.2. The lowest BCUT2D eigenvalue weighted by atomic mass is 10.1. The van der Waals surface area contributed by atoms with Crippen LogP contribution in [-0.2, 0) is 0 Å². The highest BCUT2D eigenvalue weighted by Crippen LogP contribution is 2.26. The lowest BCUT2D eigenvalue weighted by Crippen LogP contribution is -2.25. The van der Waals surface area contributed by atoms with Crippen LogP contribution in [0.25, 0.3) is 27.9 Å². The Hall–Kier alpha value is -3.61. The summed E-state index contributed by atoms with van der Waals surface area (Å²) < 4.78 is 1.74. The first-order valence-electron chi connectivity index (χ1n) is 8.78. The second-order valence-electron chi connectivity index (χ2n) is 6.61. The largest absolute Gasteiger partial charge is 0.349 e. The Bertz CT molecular complexity index is 1130. The van der Waals surface area contributed by atoms with Crippen molar-refractivity contribution >= 4 is 11.6 Å². The number of carbonyl (C=O) groups excluding carboxylic acids is 1. The van der Waals surface area contributed by atoms with E-state index in [0.29, 0.717) is 17.3 Å². The second-order valence-corrected chi connectivity index (χ2v) is 6.61. The van der Waals surface area contributed by atoms with Gasteiger partial charge in [-0.25, -0.2) is 9.50 Å². The molecule has 4 aromatic heterocycles. The number of fused-ring (bicyclic) bond motifs is 1. The lowest BCUT2D eigenvalue weighted by molar-refractivity contribution is 0.0950. The first kappa shape index (κ1) is 15.6. The average molecular weight is 356 g/mol. The van der Waals surface area contributed by atoms with Crippen molar-refractivity contribution in [2.45, 2.75) is 18.9 Å². The van der Waals surface area contributed by atoms with Gasteiger partial charge in [0.25, 0.3) is 5.91 Å². The fraction of sp³-hybridized carbons (Fsp3) is 0.150. The summed E-state index contributed by atoms with van der Waals surface area (Å²) in [5, 5.41) is 7.41. The standard InChI is InChI=1S/C20H16N6O/c27-20(25-17-1-2-17)15-7-14(8-22-9-15)18-11-24-26-12-16(10-23-19(18)26)13-3-5-21-6-4-13/h3-12,17H,1-2H2,(H,25,27). The van der Waals surface area contributed by atoms with Crippen LogP contribution in [0, 0.1) is 0 Å². The third-order valence-electron chi connectivity index (χ3n) is 4.59. The van der Waals surface area contributed by atoms with Gasteiger partial charge in [-0.15, -0.1) is 0 Å². The number of nitrogens with one attached hydrogen (secondary N) is 1. The Morgan fingerprint density at radius 1 is 1.00 bits per heavy atom. The fourth-order valence-electron chi connectivity index (χ4n) is 2.98. The van der Waals surface area contributed by atoms with Gasteiger partial charge in [-0.05, 0) is 36.6 Å². The molecule has 0 saturated heterocycles. The van der Waals surface area contributed by atoms with Gasteiger partial charge in [0.15, 0.2) is 5.65 Å². The molecule has 0 radical (unpaired) electrons. The van der Waals surface area contributed by atoms with Crippen molar-refractivity contribution in [1.82, 2.24) is 29.9 Å². The van der Waals surface area contributed by atoms with Gasteiger partial charge >= 0.3 is 0 Å². The topological polar surface area (TPSA) is 85.1 Å². The van der Waals surface area contributed by atoms with Gasteiger partial charge in [0.2, 0.25) is 0 Å². The van der Waals surface area contributed by atoms with Crippen LogP contribution in [0.1, 0.15) is 23.2 Å². The number of rotatable bonds is 4. The molecule has 4 heterocycles. The summed E-state index contributed by atoms with van der Waals surface area (Å²) in [5.41, 5.74) is 4.90. The molecule has 1 aliphatic carbocycles. The molecule has 7 nitrogen and oxygen atoms in total. The molecule has 132 valence electrons. The molecule has 0 aliphatic heterocycles. The van der Waals surface area contributed by atoms with E-state index >= 15 is 0 Å². The van der Waals surface area contributed by atoms with E-state index in [0.717, 1.165) is 35.1 Å². The van der Waals surface area contributed by atoms with Crippen LogP contribution >= 0.6 is 0 Å². The van der Waals surface area contributed by atoms with Crippen molar-refractivity contribution in [2.24, 2.45) is 0 Å². The quantitative estimate of drug-likeness (QED) is 0.608. The summed E-state index contributed by atoms with van der Waals surface area (Å²) in [6.07, 6.45) is 14.4. The molecule has 0 unspecified atom stereocenters. The van der Waals surface area contributed by atoms with Crippen LogP contribution in [-0.4, -0.2) is 36.5 Å². The number of carbonyl (C=O) groups is 1. The maximum Gasteiger partial charge on any atom is 0.253 e. The molecule has 1 saturated carbocycles. The van der Waals surface area contributed by atoms with E-state index in [9.17, 15) is 4.79 Å². The molecule has 7 heteroatoms. The fourth-order valence-corrected chi connectivity index (χ4v) is 2.98. The maximum absolute atomic E-state index is 12.3. The number of hydrogen-bond acceptors (Lipinski definition) is 5. The zero-order valence-corrected chi connectivity index (χ0v) is 14.4. The molecule has 0 bridgehead atoms. The van der Waals surface area contributed by atoms with Gasteiger partial charge in [-0.1, -0.05) is 0 Å². The molecule has 27 heavy (non-hydrogen) atoms. The van der Waals surface area contributed by atoms with Crippen LogP contribution in [0.3, 0.4) is 0 Å². The summed E-state index contributed by atoms with van der Waals surface area (Å²) >= 11 is 0. The number of pyridine rings is 2. The zero-order valence-electron chi connectivity index (χ0n) is 14.4. The highest BCUT2D eigenvalue weighted by molar-refractivity contribution is 5.95. The van der Waals surface area contributed by atoms with Crippen molar-refractivity contribution in [3.8, 4) is 22.3 Å². The van der Waals surface area contributed by atoms with Crippen molar-refractivity contribution < 1.29 is 4.79 Å². The number of aromatic nitrogens is 5. The van der Waals surface area contributed by atoms with E-state index in [1.165, 1.54) is 0 Å². The predicted octanol–water partition coefficient (Wildman–Crippen LogP) is 2.75. The minimum atomic E-state index is -0.0868. The second kappa shape index (κ2) is 6.28. The molecule has 5 rings (SSSR count). The van der Waals surface area contributed by atoms with Gasteiger partial charge in [0.1, 0.15) is 0 Å². The molecule has 1 aliphatic rings. The molecule has 0 spiro atoms. The third kappa shape index (κ3) is 3.03. The predicted molar refractivity (Wildman–Crippen MR) is 99.9 cm³/mol. The van der Waals surface area contributed by atoms with Crippen molar-refractivity contribution in [3.05, 3.63) is 67.1 Å². The monoisotopic (exact) mass is 356 g/mol. The first-order valence-corrected chi connectivity index (χ1v) is 8.78. The van der Waals surface area contributed by atoms with Crippen LogP contribution in [0.15, 0.2) is 61.6 Å². The molecule has 1 N–H and O–H groups in total. The van der Waals surface area contributed by atoms with Crippen LogP contribution in [0.5, 0.6) is 0 Å². The summed E-state index contributed by atoms with van der Waals surface area (Å²) in [6.45, 7) is 0. The third-order valence-corrected chi connectivity index (χ3v) is 4.59. The number of nitrogens with zero attached hydrogens (tertiary/aromatic N) is 5. The molecule has 4 aromatic rings. The molecule has 0 aromatic carbocycles. The highest BCUT2D eigenvalue weighted by Gasteiger charge is 2.24. The normalized spacial score (nSPS) is 13.6. The van der Waals surface area contributed by atoms with Gasteiger partial charge in [0.05, 0.1) is 11.8 Å². The molecule has 1 fully saturated rings. The Morgan fingerprint density at radius 2 is 1.85 bits per heavy atom.